The van der Waals surface area contributed by atoms with Gasteiger partial charge in [-0.05, 0) is 31.0 Å². The summed E-state index contributed by atoms with van der Waals surface area (Å²) in [7, 11) is 1.42. The average molecular weight is 242 g/mol. The van der Waals surface area contributed by atoms with Gasteiger partial charge in [-0.1, -0.05) is 18.2 Å². The molecule has 0 saturated carbocycles. The summed E-state index contributed by atoms with van der Waals surface area (Å²) in [6.45, 7) is 1.03. The van der Waals surface area contributed by atoms with Crippen molar-refractivity contribution in [2.24, 2.45) is 0 Å². The summed E-state index contributed by atoms with van der Waals surface area (Å²) in [4.78, 5) is 11.5. The van der Waals surface area contributed by atoms with E-state index in [9.17, 15) is 4.79 Å². The van der Waals surface area contributed by atoms with Gasteiger partial charge in [-0.15, -0.1) is 12.4 Å². The standard InChI is InChI=1S/C12H15NO2.ClH/c1-15-12(14)10-6-3-2-5-9(10)11-7-4-8-13-11;/h2-3,5-6,11,13H,4,7-8H2,1H3;1H/t11-;/m1./s1. The topological polar surface area (TPSA) is 38.3 Å². The monoisotopic (exact) mass is 241 g/mol. The second kappa shape index (κ2) is 5.87. The maximum absolute atomic E-state index is 11.5. The molecule has 1 aliphatic rings. The maximum Gasteiger partial charge on any atom is 0.338 e. The van der Waals surface area contributed by atoms with E-state index in [4.69, 9.17) is 4.74 Å². The van der Waals surface area contributed by atoms with Gasteiger partial charge in [0.05, 0.1) is 12.7 Å². The summed E-state index contributed by atoms with van der Waals surface area (Å²) >= 11 is 0. The van der Waals surface area contributed by atoms with Gasteiger partial charge in [0.1, 0.15) is 0 Å². The highest BCUT2D eigenvalue weighted by molar-refractivity contribution is 5.91. The smallest absolute Gasteiger partial charge is 0.338 e. The van der Waals surface area contributed by atoms with E-state index in [1.807, 2.05) is 24.3 Å². The Morgan fingerprint density at radius 3 is 2.81 bits per heavy atom. The van der Waals surface area contributed by atoms with Crippen molar-refractivity contribution in [3.05, 3.63) is 35.4 Å². The maximum atomic E-state index is 11.5. The summed E-state index contributed by atoms with van der Waals surface area (Å²) in [6.07, 6.45) is 2.26. The van der Waals surface area contributed by atoms with Gasteiger partial charge >= 0.3 is 5.97 Å². The lowest BCUT2D eigenvalue weighted by Gasteiger charge is -2.14. The first-order valence-electron chi connectivity index (χ1n) is 5.23. The average Bonchev–Trinajstić information content (AvgIpc) is 2.81. The van der Waals surface area contributed by atoms with Gasteiger partial charge in [-0.25, -0.2) is 4.79 Å². The van der Waals surface area contributed by atoms with Gasteiger partial charge in [-0.2, -0.15) is 0 Å². The van der Waals surface area contributed by atoms with Crippen LogP contribution in [-0.2, 0) is 4.74 Å². The molecular weight excluding hydrogens is 226 g/mol. The van der Waals surface area contributed by atoms with Crippen LogP contribution in [0, 0.1) is 0 Å². The summed E-state index contributed by atoms with van der Waals surface area (Å²) in [5.41, 5.74) is 1.74. The number of halogens is 1. The summed E-state index contributed by atoms with van der Waals surface area (Å²) in [5, 5.41) is 3.38. The van der Waals surface area contributed by atoms with Crippen molar-refractivity contribution in [2.75, 3.05) is 13.7 Å². The molecule has 1 atom stereocenters. The van der Waals surface area contributed by atoms with Crippen LogP contribution in [0.25, 0.3) is 0 Å². The van der Waals surface area contributed by atoms with Crippen molar-refractivity contribution in [1.29, 1.82) is 0 Å². The molecule has 1 aromatic carbocycles. The summed E-state index contributed by atoms with van der Waals surface area (Å²) < 4.78 is 4.77. The fourth-order valence-electron chi connectivity index (χ4n) is 2.05. The van der Waals surface area contributed by atoms with E-state index in [1.54, 1.807) is 0 Å². The number of nitrogens with one attached hydrogen (secondary N) is 1. The molecule has 1 saturated heterocycles. The molecule has 16 heavy (non-hydrogen) atoms. The summed E-state index contributed by atoms with van der Waals surface area (Å²) in [6, 6.07) is 7.95. The van der Waals surface area contributed by atoms with Crippen LogP contribution in [0.2, 0.25) is 0 Å². The molecule has 0 aliphatic carbocycles. The number of benzene rings is 1. The van der Waals surface area contributed by atoms with Crippen LogP contribution in [0.15, 0.2) is 24.3 Å². The molecule has 3 nitrogen and oxygen atoms in total. The predicted molar refractivity (Wildman–Crippen MR) is 65.0 cm³/mol. The molecule has 0 bridgehead atoms. The van der Waals surface area contributed by atoms with Crippen LogP contribution in [-0.4, -0.2) is 19.6 Å². The molecule has 1 aliphatic heterocycles. The number of carbonyl (C=O) groups excluding carboxylic acids is 1. The van der Waals surface area contributed by atoms with Crippen LogP contribution in [0.3, 0.4) is 0 Å². The van der Waals surface area contributed by atoms with E-state index in [1.165, 1.54) is 13.5 Å². The van der Waals surface area contributed by atoms with Crippen molar-refractivity contribution in [1.82, 2.24) is 5.32 Å². The molecule has 1 fully saturated rings. The van der Waals surface area contributed by atoms with Crippen molar-refractivity contribution in [3.8, 4) is 0 Å². The molecule has 88 valence electrons. The normalized spacial score (nSPS) is 18.9. The Morgan fingerprint density at radius 1 is 1.44 bits per heavy atom. The Bertz CT molecular complexity index is 362. The largest absolute Gasteiger partial charge is 0.465 e. The number of esters is 1. The lowest BCUT2D eigenvalue weighted by molar-refractivity contribution is 0.0598. The van der Waals surface area contributed by atoms with Crippen molar-refractivity contribution in [3.63, 3.8) is 0 Å². The van der Waals surface area contributed by atoms with Gasteiger partial charge in [0.15, 0.2) is 0 Å². The van der Waals surface area contributed by atoms with Crippen molar-refractivity contribution >= 4 is 18.4 Å². The molecular formula is C12H16ClNO2. The second-order valence-corrected chi connectivity index (χ2v) is 3.73. The van der Waals surface area contributed by atoms with E-state index < -0.39 is 0 Å². The number of hydrogen-bond acceptors (Lipinski definition) is 3. The van der Waals surface area contributed by atoms with Gasteiger partial charge in [0, 0.05) is 6.04 Å². The first kappa shape index (κ1) is 13.0. The quantitative estimate of drug-likeness (QED) is 0.808. The van der Waals surface area contributed by atoms with Gasteiger partial charge < -0.3 is 10.1 Å². The summed E-state index contributed by atoms with van der Waals surface area (Å²) in [5.74, 6) is -0.251. The van der Waals surface area contributed by atoms with Crippen LogP contribution in [0.5, 0.6) is 0 Å². The second-order valence-electron chi connectivity index (χ2n) is 3.73. The first-order chi connectivity index (χ1) is 7.33. The third-order valence-corrected chi connectivity index (χ3v) is 2.80. The highest BCUT2D eigenvalue weighted by Gasteiger charge is 2.21. The molecule has 0 amide bonds. The Labute approximate surface area is 102 Å². The number of ether oxygens (including phenoxy) is 1. The molecule has 0 radical (unpaired) electrons. The fourth-order valence-corrected chi connectivity index (χ4v) is 2.05. The van der Waals surface area contributed by atoms with Crippen LogP contribution < -0.4 is 5.32 Å². The fraction of sp³-hybridized carbons (Fsp3) is 0.417. The predicted octanol–water partition coefficient (Wildman–Crippen LogP) is 2.32. The number of rotatable bonds is 2. The Kier molecular flexibility index (Phi) is 4.77. The molecule has 0 aromatic heterocycles. The van der Waals surface area contributed by atoms with Crippen LogP contribution in [0.1, 0.15) is 34.8 Å². The highest BCUT2D eigenvalue weighted by atomic mass is 35.5. The Hall–Kier alpha value is -1.06. The molecule has 0 unspecified atom stereocenters. The van der Waals surface area contributed by atoms with Crippen molar-refractivity contribution in [2.45, 2.75) is 18.9 Å². The minimum absolute atomic E-state index is 0. The van der Waals surface area contributed by atoms with Crippen LogP contribution in [0.4, 0.5) is 0 Å². The molecule has 1 heterocycles. The minimum Gasteiger partial charge on any atom is -0.465 e. The van der Waals surface area contributed by atoms with Crippen LogP contribution >= 0.6 is 12.4 Å². The van der Waals surface area contributed by atoms with E-state index in [0.29, 0.717) is 11.6 Å². The highest BCUT2D eigenvalue weighted by Crippen LogP contribution is 2.26. The molecule has 4 heteroatoms. The van der Waals surface area contributed by atoms with E-state index >= 15 is 0 Å². The lowest BCUT2D eigenvalue weighted by Crippen LogP contribution is -2.16. The Morgan fingerprint density at radius 2 is 2.19 bits per heavy atom. The van der Waals surface area contributed by atoms with Gasteiger partial charge in [0.2, 0.25) is 0 Å². The Balaban J connectivity index is 0.00000128. The number of carbonyl (C=O) groups is 1. The van der Waals surface area contributed by atoms with Gasteiger partial charge in [-0.3, -0.25) is 0 Å². The number of methoxy groups -OCH3 is 1. The molecule has 0 spiro atoms. The van der Waals surface area contributed by atoms with Crippen molar-refractivity contribution < 1.29 is 9.53 Å². The molecule has 1 aromatic rings. The number of hydrogen-bond donors (Lipinski definition) is 1. The molecule has 2 rings (SSSR count). The third kappa shape index (κ3) is 2.54. The van der Waals surface area contributed by atoms with Gasteiger partial charge in [0.25, 0.3) is 0 Å². The zero-order chi connectivity index (χ0) is 10.7. The SMILES string of the molecule is COC(=O)c1ccccc1[C@H]1CCCN1.Cl. The van der Waals surface area contributed by atoms with E-state index in [2.05, 4.69) is 5.32 Å². The zero-order valence-electron chi connectivity index (χ0n) is 9.23. The zero-order valence-corrected chi connectivity index (χ0v) is 10.0. The minimum atomic E-state index is -0.251. The van der Waals surface area contributed by atoms with E-state index in [0.717, 1.165) is 18.5 Å². The van der Waals surface area contributed by atoms with E-state index in [-0.39, 0.29) is 18.4 Å². The molecule has 1 N–H and O–H groups in total. The first-order valence-corrected chi connectivity index (χ1v) is 5.23. The lowest BCUT2D eigenvalue weighted by atomic mass is 9.99. The third-order valence-electron chi connectivity index (χ3n) is 2.80.